The molecular formula is C42H36N5+. The molecule has 47 heavy (non-hydrogen) atoms. The van der Waals surface area contributed by atoms with Gasteiger partial charge in [0.05, 0.1) is 5.69 Å². The first-order valence-electron chi connectivity index (χ1n) is 16.1. The molecule has 228 valence electrons. The van der Waals surface area contributed by atoms with Crippen molar-refractivity contribution < 1.29 is 4.70 Å². The Balaban J connectivity index is 1.20. The third kappa shape index (κ3) is 5.20. The highest BCUT2D eigenvalue weighted by Gasteiger charge is 2.35. The van der Waals surface area contributed by atoms with Gasteiger partial charge in [-0.2, -0.15) is 0 Å². The fraction of sp³-hybridized carbons (Fsp3) is 0.119. The SMILES string of the molecule is Cc1ccc(N(c2ccc(C3=NN(c4ccccc4)C[N+](c4ccccc4)=N3)cc2)c2ccc3c(c2)C(C)(C)c2ccccc2-3)cc1. The molecule has 0 saturated heterocycles. The van der Waals surface area contributed by atoms with E-state index in [4.69, 9.17) is 10.2 Å². The van der Waals surface area contributed by atoms with Gasteiger partial charge in [-0.25, -0.2) is 5.01 Å². The number of hydrazone groups is 1. The van der Waals surface area contributed by atoms with Crippen LogP contribution in [-0.2, 0) is 5.41 Å². The van der Waals surface area contributed by atoms with Crippen LogP contribution in [0.4, 0.5) is 28.4 Å². The summed E-state index contributed by atoms with van der Waals surface area (Å²) in [5, 5.41) is 12.0. The van der Waals surface area contributed by atoms with E-state index in [2.05, 4.69) is 141 Å². The number of para-hydroxylation sites is 2. The summed E-state index contributed by atoms with van der Waals surface area (Å²) >= 11 is 0. The molecule has 0 unspecified atom stereocenters. The third-order valence-corrected chi connectivity index (χ3v) is 9.31. The lowest BCUT2D eigenvalue weighted by atomic mass is 9.82. The molecular weight excluding hydrogens is 574 g/mol. The van der Waals surface area contributed by atoms with Crippen LogP contribution in [0.1, 0.15) is 36.1 Å². The van der Waals surface area contributed by atoms with Crippen LogP contribution >= 0.6 is 0 Å². The molecule has 0 fully saturated rings. The van der Waals surface area contributed by atoms with Crippen LogP contribution in [-0.4, -0.2) is 17.2 Å². The van der Waals surface area contributed by atoms with Gasteiger partial charge in [0.1, 0.15) is 0 Å². The smallest absolute Gasteiger partial charge is 0.269 e. The van der Waals surface area contributed by atoms with Gasteiger partial charge in [-0.05, 0) is 89.8 Å². The maximum atomic E-state index is 5.00. The molecule has 0 N–H and O–H groups in total. The first kappa shape index (κ1) is 28.6. The van der Waals surface area contributed by atoms with Crippen LogP contribution in [0.25, 0.3) is 11.1 Å². The Kier molecular flexibility index (Phi) is 7.02. The minimum atomic E-state index is -0.0827. The maximum Gasteiger partial charge on any atom is 0.269 e. The van der Waals surface area contributed by atoms with Crippen molar-refractivity contribution in [2.75, 3.05) is 16.6 Å². The number of hydrogen-bond acceptors (Lipinski definition) is 4. The lowest BCUT2D eigenvalue weighted by molar-refractivity contribution is -0.508. The van der Waals surface area contributed by atoms with E-state index >= 15 is 0 Å². The van der Waals surface area contributed by atoms with Gasteiger partial charge >= 0.3 is 0 Å². The molecule has 1 aliphatic carbocycles. The van der Waals surface area contributed by atoms with E-state index < -0.39 is 0 Å². The first-order chi connectivity index (χ1) is 23.0. The molecule has 5 nitrogen and oxygen atoms in total. The highest BCUT2D eigenvalue weighted by atomic mass is 15.6. The van der Waals surface area contributed by atoms with Crippen molar-refractivity contribution in [2.24, 2.45) is 10.2 Å². The van der Waals surface area contributed by atoms with Crippen molar-refractivity contribution in [3.05, 3.63) is 174 Å². The van der Waals surface area contributed by atoms with Gasteiger partial charge in [-0.3, -0.25) is 0 Å². The minimum absolute atomic E-state index is 0.0827. The van der Waals surface area contributed by atoms with Gasteiger partial charge in [0, 0.05) is 45.3 Å². The fourth-order valence-electron chi connectivity index (χ4n) is 6.77. The lowest BCUT2D eigenvalue weighted by Crippen LogP contribution is -2.31. The van der Waals surface area contributed by atoms with Crippen molar-refractivity contribution in [3.63, 3.8) is 0 Å². The Morgan fingerprint density at radius 1 is 0.617 bits per heavy atom. The molecule has 8 rings (SSSR count). The van der Waals surface area contributed by atoms with Crippen molar-refractivity contribution in [1.29, 1.82) is 0 Å². The van der Waals surface area contributed by atoms with Gasteiger partial charge in [0.25, 0.3) is 6.67 Å². The molecule has 0 spiro atoms. The summed E-state index contributed by atoms with van der Waals surface area (Å²) in [6.45, 7) is 7.32. The fourth-order valence-corrected chi connectivity index (χ4v) is 6.77. The number of hydrogen-bond donors (Lipinski definition) is 0. The second kappa shape index (κ2) is 11.5. The first-order valence-corrected chi connectivity index (χ1v) is 16.1. The van der Waals surface area contributed by atoms with E-state index in [0.717, 1.165) is 34.0 Å². The molecule has 0 aromatic heterocycles. The number of amidine groups is 1. The second-order valence-corrected chi connectivity index (χ2v) is 12.8. The van der Waals surface area contributed by atoms with Crippen LogP contribution < -0.4 is 9.91 Å². The molecule has 6 aromatic rings. The van der Waals surface area contributed by atoms with E-state index in [0.29, 0.717) is 12.5 Å². The Hall–Kier alpha value is -5.81. The Morgan fingerprint density at radius 2 is 1.21 bits per heavy atom. The molecule has 6 aromatic carbocycles. The molecule has 5 heteroatoms. The number of aryl methyl sites for hydroxylation is 1. The molecule has 0 bridgehead atoms. The summed E-state index contributed by atoms with van der Waals surface area (Å²) in [5.74, 6) is 0.662. The van der Waals surface area contributed by atoms with Crippen LogP contribution in [0.15, 0.2) is 162 Å². The quantitative estimate of drug-likeness (QED) is 0.176. The van der Waals surface area contributed by atoms with Crippen LogP contribution in [0.2, 0.25) is 0 Å². The Bertz CT molecular complexity index is 2130. The zero-order chi connectivity index (χ0) is 32.0. The maximum absolute atomic E-state index is 5.00. The number of azo groups is 2. The number of nitrogens with zero attached hydrogens (tertiary/aromatic N) is 5. The standard InChI is InChI=1S/C42H36N5/c1-30-18-22-34(23-19-30)47(36-26-27-38-37-16-10-11-17-39(37)42(2,3)40(38)28-36)35-24-20-31(21-25-35)41-43-45(32-12-6-4-7-13-32)29-46(44-41)33-14-8-5-9-15-33/h4-28H,29H2,1-3H3/q+1. The number of fused-ring (bicyclic) bond motifs is 3. The van der Waals surface area contributed by atoms with Gasteiger partial charge < -0.3 is 4.90 Å². The lowest BCUT2D eigenvalue weighted by Gasteiger charge is -2.28. The highest BCUT2D eigenvalue weighted by Crippen LogP contribution is 2.50. The van der Waals surface area contributed by atoms with E-state index in [1.54, 1.807) is 0 Å². The average molecular weight is 611 g/mol. The van der Waals surface area contributed by atoms with E-state index in [1.807, 2.05) is 46.1 Å². The van der Waals surface area contributed by atoms with E-state index in [9.17, 15) is 0 Å². The van der Waals surface area contributed by atoms with E-state index in [-0.39, 0.29) is 5.41 Å². The zero-order valence-corrected chi connectivity index (χ0v) is 26.9. The highest BCUT2D eigenvalue weighted by molar-refractivity contribution is 6.00. The summed E-state index contributed by atoms with van der Waals surface area (Å²) < 4.78 is 2.01. The number of anilines is 4. The summed E-state index contributed by atoms with van der Waals surface area (Å²) in [6.07, 6.45) is 0. The van der Waals surface area contributed by atoms with Crippen molar-refractivity contribution >= 4 is 34.3 Å². The summed E-state index contributed by atoms with van der Waals surface area (Å²) in [4.78, 5) is 2.34. The van der Waals surface area contributed by atoms with Crippen molar-refractivity contribution in [1.82, 2.24) is 0 Å². The van der Waals surface area contributed by atoms with Crippen LogP contribution in [0.3, 0.4) is 0 Å². The van der Waals surface area contributed by atoms with Crippen molar-refractivity contribution in [2.45, 2.75) is 26.2 Å². The molecule has 0 atom stereocenters. The number of benzene rings is 6. The summed E-state index contributed by atoms with van der Waals surface area (Å²) in [7, 11) is 0. The summed E-state index contributed by atoms with van der Waals surface area (Å²) in [5.41, 5.74) is 12.8. The molecule has 0 amide bonds. The van der Waals surface area contributed by atoms with Gasteiger partial charge in [0.15, 0.2) is 0 Å². The van der Waals surface area contributed by atoms with Gasteiger partial charge in [-0.15, -0.1) is 5.10 Å². The Labute approximate surface area is 276 Å². The van der Waals surface area contributed by atoms with Crippen LogP contribution in [0, 0.1) is 6.92 Å². The predicted octanol–water partition coefficient (Wildman–Crippen LogP) is 10.7. The predicted molar refractivity (Wildman–Crippen MR) is 193 cm³/mol. The van der Waals surface area contributed by atoms with Crippen LogP contribution in [0.5, 0.6) is 0 Å². The molecule has 0 saturated carbocycles. The minimum Gasteiger partial charge on any atom is -0.310 e. The topological polar surface area (TPSA) is 34.2 Å². The molecule has 2 aliphatic rings. The summed E-state index contributed by atoms with van der Waals surface area (Å²) in [6, 6.07) is 53.6. The number of rotatable bonds is 6. The molecule has 1 aliphatic heterocycles. The second-order valence-electron chi connectivity index (χ2n) is 12.8. The monoisotopic (exact) mass is 610 g/mol. The van der Waals surface area contributed by atoms with Gasteiger partial charge in [-0.1, -0.05) is 103 Å². The normalized spacial score (nSPS) is 14.6. The molecule has 0 radical (unpaired) electrons. The van der Waals surface area contributed by atoms with E-state index in [1.165, 1.54) is 27.8 Å². The largest absolute Gasteiger partial charge is 0.310 e. The van der Waals surface area contributed by atoms with Crippen molar-refractivity contribution in [3.8, 4) is 11.1 Å². The van der Waals surface area contributed by atoms with Gasteiger partial charge in [0.2, 0.25) is 11.5 Å². The zero-order valence-electron chi connectivity index (χ0n) is 26.9. The third-order valence-electron chi connectivity index (χ3n) is 9.31. The molecule has 1 heterocycles. The average Bonchev–Trinajstić information content (AvgIpc) is 3.36. The Morgan fingerprint density at radius 3 is 1.94 bits per heavy atom.